The van der Waals surface area contributed by atoms with Crippen molar-refractivity contribution < 1.29 is 8.42 Å². The third-order valence-electron chi connectivity index (χ3n) is 4.60. The standard InChI is InChI=1S/C20H20N2O2S2/c1-15-6-11-20(25-15)26(23,24)21-18-7-9-19(10-8-18)22-13-12-16-4-2-3-5-17(16)14-22/h2-11,21H,12-14H2,1H3. The quantitative estimate of drug-likeness (QED) is 0.724. The Morgan fingerprint density at radius 3 is 2.38 bits per heavy atom. The zero-order chi connectivity index (χ0) is 18.1. The van der Waals surface area contributed by atoms with Crippen LogP contribution in [0, 0.1) is 6.92 Å². The lowest BCUT2D eigenvalue weighted by molar-refractivity contribution is 0.603. The summed E-state index contributed by atoms with van der Waals surface area (Å²) in [4.78, 5) is 3.30. The van der Waals surface area contributed by atoms with Crippen LogP contribution in [0.15, 0.2) is 64.9 Å². The van der Waals surface area contributed by atoms with E-state index in [1.54, 1.807) is 6.07 Å². The Morgan fingerprint density at radius 2 is 1.69 bits per heavy atom. The maximum absolute atomic E-state index is 12.4. The van der Waals surface area contributed by atoms with Crippen LogP contribution in [0.4, 0.5) is 11.4 Å². The van der Waals surface area contributed by atoms with Crippen molar-refractivity contribution >= 4 is 32.7 Å². The molecule has 0 saturated heterocycles. The van der Waals surface area contributed by atoms with Crippen LogP contribution in [0.1, 0.15) is 16.0 Å². The fourth-order valence-corrected chi connectivity index (χ4v) is 5.56. The number of aryl methyl sites for hydroxylation is 1. The number of thiophene rings is 1. The molecular weight excluding hydrogens is 364 g/mol. The number of anilines is 2. The number of hydrogen-bond donors (Lipinski definition) is 1. The van der Waals surface area contributed by atoms with Crippen molar-refractivity contribution in [3.63, 3.8) is 0 Å². The summed E-state index contributed by atoms with van der Waals surface area (Å²) in [6, 6.07) is 19.6. The average Bonchev–Trinajstić information content (AvgIpc) is 3.09. The summed E-state index contributed by atoms with van der Waals surface area (Å²) >= 11 is 1.27. The second-order valence-corrected chi connectivity index (χ2v) is 9.65. The van der Waals surface area contributed by atoms with Crippen molar-refractivity contribution in [3.8, 4) is 0 Å². The molecule has 4 nitrogen and oxygen atoms in total. The van der Waals surface area contributed by atoms with E-state index in [9.17, 15) is 8.42 Å². The van der Waals surface area contributed by atoms with E-state index in [-0.39, 0.29) is 0 Å². The summed E-state index contributed by atoms with van der Waals surface area (Å²) in [5.41, 5.74) is 4.46. The third-order valence-corrected chi connectivity index (χ3v) is 7.47. The van der Waals surface area contributed by atoms with Gasteiger partial charge >= 0.3 is 0 Å². The van der Waals surface area contributed by atoms with Gasteiger partial charge in [-0.05, 0) is 60.9 Å². The number of sulfonamides is 1. The van der Waals surface area contributed by atoms with Gasteiger partial charge in [0.15, 0.2) is 0 Å². The lowest BCUT2D eigenvalue weighted by Gasteiger charge is -2.30. The van der Waals surface area contributed by atoms with Crippen LogP contribution >= 0.6 is 11.3 Å². The van der Waals surface area contributed by atoms with E-state index in [2.05, 4.69) is 33.9 Å². The summed E-state index contributed by atoms with van der Waals surface area (Å²) < 4.78 is 27.9. The van der Waals surface area contributed by atoms with E-state index in [4.69, 9.17) is 0 Å². The van der Waals surface area contributed by atoms with E-state index in [0.29, 0.717) is 9.90 Å². The Kier molecular flexibility index (Phi) is 4.46. The van der Waals surface area contributed by atoms with Crippen LogP contribution in [0.2, 0.25) is 0 Å². The predicted octanol–water partition coefficient (Wildman–Crippen LogP) is 4.42. The minimum Gasteiger partial charge on any atom is -0.367 e. The van der Waals surface area contributed by atoms with Crippen molar-refractivity contribution in [1.29, 1.82) is 0 Å². The largest absolute Gasteiger partial charge is 0.367 e. The molecule has 134 valence electrons. The molecule has 0 bridgehead atoms. The summed E-state index contributed by atoms with van der Waals surface area (Å²) in [7, 11) is -3.52. The summed E-state index contributed by atoms with van der Waals surface area (Å²) in [6.07, 6.45) is 1.03. The smallest absolute Gasteiger partial charge is 0.271 e. The second kappa shape index (κ2) is 6.78. The first kappa shape index (κ1) is 17.1. The van der Waals surface area contributed by atoms with Gasteiger partial charge in [-0.2, -0.15) is 0 Å². The summed E-state index contributed by atoms with van der Waals surface area (Å²) in [6.45, 7) is 3.75. The van der Waals surface area contributed by atoms with Crippen molar-refractivity contribution in [3.05, 3.63) is 76.7 Å². The molecule has 2 heterocycles. The highest BCUT2D eigenvalue weighted by atomic mass is 32.2. The number of nitrogens with zero attached hydrogens (tertiary/aromatic N) is 1. The molecule has 6 heteroatoms. The molecule has 0 unspecified atom stereocenters. The highest BCUT2D eigenvalue weighted by Gasteiger charge is 2.18. The summed E-state index contributed by atoms with van der Waals surface area (Å²) in [5, 5.41) is 0. The molecule has 1 N–H and O–H groups in total. The molecule has 1 aliphatic heterocycles. The van der Waals surface area contributed by atoms with Crippen LogP contribution in [-0.4, -0.2) is 15.0 Å². The number of fused-ring (bicyclic) bond motifs is 1. The molecule has 1 aliphatic rings. The van der Waals surface area contributed by atoms with Gasteiger partial charge in [0.05, 0.1) is 0 Å². The van der Waals surface area contributed by atoms with Gasteiger partial charge in [0.1, 0.15) is 4.21 Å². The number of hydrogen-bond acceptors (Lipinski definition) is 4. The molecule has 26 heavy (non-hydrogen) atoms. The van der Waals surface area contributed by atoms with E-state index in [0.717, 1.165) is 30.1 Å². The highest BCUT2D eigenvalue weighted by molar-refractivity contribution is 7.94. The van der Waals surface area contributed by atoms with E-state index < -0.39 is 10.0 Å². The monoisotopic (exact) mass is 384 g/mol. The third kappa shape index (κ3) is 3.48. The minimum atomic E-state index is -3.52. The van der Waals surface area contributed by atoms with Crippen molar-refractivity contribution in [2.24, 2.45) is 0 Å². The molecule has 0 spiro atoms. The molecule has 0 aliphatic carbocycles. The lowest BCUT2D eigenvalue weighted by Crippen LogP contribution is -2.30. The van der Waals surface area contributed by atoms with Gasteiger partial charge in [-0.15, -0.1) is 11.3 Å². The van der Waals surface area contributed by atoms with Gasteiger partial charge in [0.2, 0.25) is 0 Å². The van der Waals surface area contributed by atoms with Crippen LogP contribution in [0.5, 0.6) is 0 Å². The first-order chi connectivity index (χ1) is 12.5. The topological polar surface area (TPSA) is 49.4 Å². The van der Waals surface area contributed by atoms with Gasteiger partial charge in [-0.1, -0.05) is 24.3 Å². The molecule has 0 saturated carbocycles. The maximum atomic E-state index is 12.4. The average molecular weight is 385 g/mol. The Labute approximate surface area is 158 Å². The Balaban J connectivity index is 1.49. The van der Waals surface area contributed by atoms with Gasteiger partial charge < -0.3 is 4.90 Å². The first-order valence-electron chi connectivity index (χ1n) is 8.52. The minimum absolute atomic E-state index is 0.340. The number of rotatable bonds is 4. The molecular formula is C20H20N2O2S2. The SMILES string of the molecule is Cc1ccc(S(=O)(=O)Nc2ccc(N3CCc4ccccc4C3)cc2)s1. The fraction of sp³-hybridized carbons (Fsp3) is 0.200. The molecule has 4 rings (SSSR count). The van der Waals surface area contributed by atoms with Crippen molar-refractivity contribution in [1.82, 2.24) is 0 Å². The normalized spacial score (nSPS) is 14.1. The molecule has 3 aromatic rings. The molecule has 2 aromatic carbocycles. The van der Waals surface area contributed by atoms with Crippen LogP contribution < -0.4 is 9.62 Å². The fourth-order valence-electron chi connectivity index (χ4n) is 3.22. The van der Waals surface area contributed by atoms with Crippen molar-refractivity contribution in [2.45, 2.75) is 24.1 Å². The van der Waals surface area contributed by atoms with Crippen LogP contribution in [0.3, 0.4) is 0 Å². The lowest BCUT2D eigenvalue weighted by atomic mass is 9.99. The summed E-state index contributed by atoms with van der Waals surface area (Å²) in [5.74, 6) is 0. The van der Waals surface area contributed by atoms with Crippen LogP contribution in [0.25, 0.3) is 0 Å². The predicted molar refractivity (Wildman–Crippen MR) is 108 cm³/mol. The van der Waals surface area contributed by atoms with E-state index >= 15 is 0 Å². The van der Waals surface area contributed by atoms with Gasteiger partial charge in [-0.25, -0.2) is 8.42 Å². The zero-order valence-corrected chi connectivity index (χ0v) is 16.1. The zero-order valence-electron chi connectivity index (χ0n) is 14.5. The second-order valence-electron chi connectivity index (χ2n) is 6.46. The molecule has 0 atom stereocenters. The van der Waals surface area contributed by atoms with Gasteiger partial charge in [-0.3, -0.25) is 4.72 Å². The maximum Gasteiger partial charge on any atom is 0.271 e. The Hall–Kier alpha value is -2.31. The molecule has 0 fully saturated rings. The Bertz CT molecular complexity index is 1020. The van der Waals surface area contributed by atoms with Gasteiger partial charge in [0.25, 0.3) is 10.0 Å². The molecule has 0 radical (unpaired) electrons. The number of benzene rings is 2. The Morgan fingerprint density at radius 1 is 0.962 bits per heavy atom. The highest BCUT2D eigenvalue weighted by Crippen LogP contribution is 2.27. The van der Waals surface area contributed by atoms with Crippen LogP contribution in [-0.2, 0) is 23.0 Å². The van der Waals surface area contributed by atoms with E-state index in [1.807, 2.05) is 37.3 Å². The van der Waals surface area contributed by atoms with Gasteiger partial charge in [0, 0.05) is 29.3 Å². The molecule has 1 aromatic heterocycles. The molecule has 0 amide bonds. The van der Waals surface area contributed by atoms with Crippen molar-refractivity contribution in [2.75, 3.05) is 16.2 Å². The van der Waals surface area contributed by atoms with E-state index in [1.165, 1.54) is 22.5 Å². The number of nitrogens with one attached hydrogen (secondary N) is 1. The first-order valence-corrected chi connectivity index (χ1v) is 10.8.